The molecule has 35 heavy (non-hydrogen) atoms. The number of Topliss-reactive ketones (excluding diaryl/α,β-unsaturated/α-hetero) is 1. The molecule has 0 N–H and O–H groups in total. The predicted octanol–water partition coefficient (Wildman–Crippen LogP) is 5.63. The summed E-state index contributed by atoms with van der Waals surface area (Å²) in [5.74, 6) is 1.23. The van der Waals surface area contributed by atoms with Gasteiger partial charge >= 0.3 is 0 Å². The molecule has 1 aliphatic rings. The van der Waals surface area contributed by atoms with Crippen molar-refractivity contribution in [3.8, 4) is 11.5 Å². The van der Waals surface area contributed by atoms with Crippen LogP contribution in [0.1, 0.15) is 28.4 Å². The van der Waals surface area contributed by atoms with E-state index in [0.717, 1.165) is 17.7 Å². The van der Waals surface area contributed by atoms with E-state index in [0.29, 0.717) is 27.9 Å². The molecule has 0 bridgehead atoms. The van der Waals surface area contributed by atoms with Gasteiger partial charge in [-0.2, -0.15) is 0 Å². The number of carbonyl (C=O) groups excluding carboxylic acids is 2. The maximum absolute atomic E-state index is 13.4. The first-order valence-electron chi connectivity index (χ1n) is 11.2. The molecular weight excluding hydrogens is 460 g/mol. The number of aliphatic imine (C=N–C) groups is 1. The van der Waals surface area contributed by atoms with Gasteiger partial charge in [0.2, 0.25) is 0 Å². The van der Waals surface area contributed by atoms with E-state index in [-0.39, 0.29) is 17.4 Å². The Balaban J connectivity index is 1.61. The van der Waals surface area contributed by atoms with Gasteiger partial charge in [0, 0.05) is 11.6 Å². The molecule has 3 aromatic rings. The number of methoxy groups -OCH3 is 2. The van der Waals surface area contributed by atoms with E-state index in [9.17, 15) is 9.59 Å². The van der Waals surface area contributed by atoms with E-state index in [1.807, 2.05) is 66.7 Å². The SMILES string of the molecule is CCc1ccc(C(=O)CSC2=NC(=Cc3ccc(OC)cc3)C(=O)N2c2cccc(OC)c2)cc1. The second-order valence-corrected chi connectivity index (χ2v) is 8.74. The van der Waals surface area contributed by atoms with Crippen LogP contribution in [-0.2, 0) is 11.2 Å². The van der Waals surface area contributed by atoms with Gasteiger partial charge in [-0.25, -0.2) is 4.99 Å². The fourth-order valence-corrected chi connectivity index (χ4v) is 4.48. The van der Waals surface area contributed by atoms with Gasteiger partial charge in [-0.1, -0.05) is 61.2 Å². The molecule has 0 unspecified atom stereocenters. The van der Waals surface area contributed by atoms with Gasteiger partial charge in [-0.05, 0) is 47.9 Å². The molecule has 4 rings (SSSR count). The van der Waals surface area contributed by atoms with Crippen molar-refractivity contribution in [3.63, 3.8) is 0 Å². The van der Waals surface area contributed by atoms with Gasteiger partial charge in [0.25, 0.3) is 5.91 Å². The molecule has 0 saturated heterocycles. The smallest absolute Gasteiger partial charge is 0.283 e. The van der Waals surface area contributed by atoms with Crippen molar-refractivity contribution in [1.82, 2.24) is 0 Å². The van der Waals surface area contributed by atoms with E-state index in [4.69, 9.17) is 9.47 Å². The number of thioether (sulfide) groups is 1. The van der Waals surface area contributed by atoms with Crippen molar-refractivity contribution in [2.75, 3.05) is 24.9 Å². The first kappa shape index (κ1) is 24.3. The molecule has 0 spiro atoms. The van der Waals surface area contributed by atoms with Crippen LogP contribution < -0.4 is 14.4 Å². The minimum absolute atomic E-state index is 0.0222. The number of ether oxygens (including phenoxy) is 2. The Hall–Kier alpha value is -3.84. The van der Waals surface area contributed by atoms with Gasteiger partial charge in [-0.3, -0.25) is 14.5 Å². The van der Waals surface area contributed by atoms with Crippen molar-refractivity contribution >= 4 is 40.4 Å². The molecule has 1 amide bonds. The van der Waals surface area contributed by atoms with Crippen molar-refractivity contribution in [2.24, 2.45) is 4.99 Å². The number of hydrogen-bond acceptors (Lipinski definition) is 6. The van der Waals surface area contributed by atoms with Gasteiger partial charge in [0.1, 0.15) is 17.2 Å². The Bertz CT molecular complexity index is 1280. The van der Waals surface area contributed by atoms with Crippen molar-refractivity contribution in [2.45, 2.75) is 13.3 Å². The average Bonchev–Trinajstić information content (AvgIpc) is 3.22. The Morgan fingerprint density at radius 3 is 2.34 bits per heavy atom. The lowest BCUT2D eigenvalue weighted by Crippen LogP contribution is -2.30. The zero-order chi connectivity index (χ0) is 24.8. The Morgan fingerprint density at radius 2 is 1.69 bits per heavy atom. The molecule has 0 fully saturated rings. The minimum Gasteiger partial charge on any atom is -0.497 e. The monoisotopic (exact) mass is 486 g/mol. The Morgan fingerprint density at radius 1 is 0.971 bits per heavy atom. The number of carbonyl (C=O) groups is 2. The summed E-state index contributed by atoms with van der Waals surface area (Å²) in [4.78, 5) is 32.4. The summed E-state index contributed by atoms with van der Waals surface area (Å²) in [5, 5.41) is 0.446. The first-order valence-corrected chi connectivity index (χ1v) is 12.2. The highest BCUT2D eigenvalue weighted by Gasteiger charge is 2.32. The number of ketones is 1. The number of rotatable bonds is 8. The quantitative estimate of drug-likeness (QED) is 0.305. The zero-order valence-corrected chi connectivity index (χ0v) is 20.7. The largest absolute Gasteiger partial charge is 0.497 e. The highest BCUT2D eigenvalue weighted by molar-refractivity contribution is 8.14. The number of aryl methyl sites for hydroxylation is 1. The van der Waals surface area contributed by atoms with Crippen LogP contribution >= 0.6 is 11.8 Å². The van der Waals surface area contributed by atoms with Crippen LogP contribution in [-0.4, -0.2) is 36.8 Å². The van der Waals surface area contributed by atoms with Crippen LogP contribution in [0.15, 0.2) is 83.5 Å². The van der Waals surface area contributed by atoms with Gasteiger partial charge in [0.15, 0.2) is 11.0 Å². The standard InChI is InChI=1S/C28H26N2O4S/c1-4-19-8-12-21(13-9-19)26(31)18-35-28-29-25(16-20-10-14-23(33-2)15-11-20)27(32)30(28)22-6-5-7-24(17-22)34-3/h5-17H,4,18H2,1-3H3. The number of anilines is 1. The van der Waals surface area contributed by atoms with E-state index in [1.54, 1.807) is 26.4 Å². The molecule has 0 aromatic heterocycles. The first-order chi connectivity index (χ1) is 17.0. The third-order valence-electron chi connectivity index (χ3n) is 5.58. The van der Waals surface area contributed by atoms with E-state index in [1.165, 1.54) is 22.2 Å². The van der Waals surface area contributed by atoms with Gasteiger partial charge in [-0.15, -0.1) is 0 Å². The summed E-state index contributed by atoms with van der Waals surface area (Å²) in [6.45, 7) is 2.08. The maximum Gasteiger partial charge on any atom is 0.283 e. The molecule has 0 radical (unpaired) electrons. The lowest BCUT2D eigenvalue weighted by Gasteiger charge is -2.18. The minimum atomic E-state index is -0.267. The number of amides is 1. The highest BCUT2D eigenvalue weighted by Crippen LogP contribution is 2.32. The van der Waals surface area contributed by atoms with E-state index < -0.39 is 0 Å². The van der Waals surface area contributed by atoms with Crippen molar-refractivity contribution in [1.29, 1.82) is 0 Å². The topological polar surface area (TPSA) is 68.2 Å². The summed E-state index contributed by atoms with van der Waals surface area (Å²) in [7, 11) is 3.18. The van der Waals surface area contributed by atoms with Gasteiger partial charge < -0.3 is 9.47 Å². The molecule has 3 aromatic carbocycles. The second-order valence-electron chi connectivity index (χ2n) is 7.80. The summed E-state index contributed by atoms with van der Waals surface area (Å²) >= 11 is 1.24. The molecule has 7 heteroatoms. The van der Waals surface area contributed by atoms with Crippen LogP contribution in [0.25, 0.3) is 6.08 Å². The van der Waals surface area contributed by atoms with Crippen molar-refractivity contribution < 1.29 is 19.1 Å². The van der Waals surface area contributed by atoms with Crippen molar-refractivity contribution in [3.05, 3.63) is 95.2 Å². The Labute approximate surface area is 209 Å². The maximum atomic E-state index is 13.4. The average molecular weight is 487 g/mol. The molecule has 0 atom stereocenters. The molecule has 178 valence electrons. The normalized spacial score (nSPS) is 14.3. The molecule has 6 nitrogen and oxygen atoms in total. The third kappa shape index (κ3) is 5.63. The molecule has 0 aliphatic carbocycles. The number of benzene rings is 3. The third-order valence-corrected chi connectivity index (χ3v) is 6.52. The lowest BCUT2D eigenvalue weighted by molar-refractivity contribution is -0.113. The van der Waals surface area contributed by atoms with Crippen LogP contribution in [0.4, 0.5) is 5.69 Å². The fourth-order valence-electron chi connectivity index (χ4n) is 3.57. The highest BCUT2D eigenvalue weighted by atomic mass is 32.2. The van der Waals surface area contributed by atoms with Gasteiger partial charge in [0.05, 0.1) is 25.7 Å². The van der Waals surface area contributed by atoms with Crippen LogP contribution in [0.5, 0.6) is 11.5 Å². The predicted molar refractivity (Wildman–Crippen MR) is 141 cm³/mol. The Kier molecular flexibility index (Phi) is 7.67. The summed E-state index contributed by atoms with van der Waals surface area (Å²) in [6.07, 6.45) is 2.65. The number of hydrogen-bond donors (Lipinski definition) is 0. The molecule has 1 heterocycles. The molecule has 0 saturated carbocycles. The van der Waals surface area contributed by atoms with Crippen LogP contribution in [0.2, 0.25) is 0 Å². The summed E-state index contributed by atoms with van der Waals surface area (Å²) in [5.41, 5.74) is 3.56. The van der Waals surface area contributed by atoms with E-state index >= 15 is 0 Å². The number of amidine groups is 1. The molecule has 1 aliphatic heterocycles. The fraction of sp³-hybridized carbons (Fsp3) is 0.179. The second kappa shape index (κ2) is 11.1. The van der Waals surface area contributed by atoms with E-state index in [2.05, 4.69) is 11.9 Å². The van der Waals surface area contributed by atoms with Crippen LogP contribution in [0.3, 0.4) is 0 Å². The molecular formula is C28H26N2O4S. The van der Waals surface area contributed by atoms with Crippen LogP contribution in [0, 0.1) is 0 Å². The zero-order valence-electron chi connectivity index (χ0n) is 19.9. The lowest BCUT2D eigenvalue weighted by atomic mass is 10.1. The summed E-state index contributed by atoms with van der Waals surface area (Å²) < 4.78 is 10.5. The number of nitrogens with zero attached hydrogens (tertiary/aromatic N) is 2. The summed E-state index contributed by atoms with van der Waals surface area (Å²) in [6, 6.07) is 22.2.